The van der Waals surface area contributed by atoms with E-state index in [-0.39, 0.29) is 5.24 Å². The van der Waals surface area contributed by atoms with Gasteiger partial charge in [-0.2, -0.15) is 0 Å². The topological polar surface area (TPSA) is 17.1 Å². The lowest BCUT2D eigenvalue weighted by molar-refractivity contribution is -0.109. The molecule has 0 aromatic carbocycles. The Labute approximate surface area is 75.1 Å². The summed E-state index contributed by atoms with van der Waals surface area (Å²) >= 11 is 5.39. The van der Waals surface area contributed by atoms with Crippen LogP contribution < -0.4 is 0 Å². The molecule has 0 aliphatic rings. The van der Waals surface area contributed by atoms with Crippen molar-refractivity contribution in [1.82, 2.24) is 0 Å². The van der Waals surface area contributed by atoms with Crippen molar-refractivity contribution < 1.29 is 4.79 Å². The highest BCUT2D eigenvalue weighted by molar-refractivity contribution is 6.86. The largest absolute Gasteiger partial charge is 0.282 e. The number of hydrogen-bond acceptors (Lipinski definition) is 1. The molecule has 0 amide bonds. The van der Waals surface area contributed by atoms with E-state index in [1.54, 1.807) is 0 Å². The van der Waals surface area contributed by atoms with Gasteiger partial charge >= 0.3 is 0 Å². The first kappa shape index (κ1) is 11.2. The Balaban J connectivity index is 4.16. The Hall–Kier alpha value is 0.177. The summed E-state index contributed by atoms with van der Waals surface area (Å²) in [6, 6.07) is 4.20. The Morgan fingerprint density at radius 3 is 1.64 bits per heavy atom. The summed E-state index contributed by atoms with van der Waals surface area (Å²) in [5.74, 6) is 0. The number of halogens is 1. The van der Waals surface area contributed by atoms with Gasteiger partial charge in [-0.05, 0) is 11.6 Å². The van der Waals surface area contributed by atoms with E-state index < -0.39 is 8.07 Å². The van der Waals surface area contributed by atoms with Crippen molar-refractivity contribution in [2.45, 2.75) is 44.9 Å². The zero-order valence-corrected chi connectivity index (χ0v) is 9.37. The molecule has 0 saturated carbocycles. The van der Waals surface area contributed by atoms with E-state index in [4.69, 9.17) is 11.6 Å². The Morgan fingerprint density at radius 2 is 1.55 bits per heavy atom. The van der Waals surface area contributed by atoms with Crippen LogP contribution in [-0.4, -0.2) is 13.3 Å². The molecule has 0 aliphatic carbocycles. The maximum atomic E-state index is 10.7. The predicted molar refractivity (Wildman–Crippen MR) is 52.9 cm³/mol. The van der Waals surface area contributed by atoms with Crippen LogP contribution in [-0.2, 0) is 4.79 Å². The maximum Gasteiger partial charge on any atom is 0.218 e. The van der Waals surface area contributed by atoms with E-state index in [1.807, 2.05) is 0 Å². The lowest BCUT2D eigenvalue weighted by Gasteiger charge is -2.25. The first-order chi connectivity index (χ1) is 5.10. The molecule has 0 unspecified atom stereocenters. The van der Waals surface area contributed by atoms with Crippen LogP contribution in [0.25, 0.3) is 0 Å². The minimum Gasteiger partial charge on any atom is -0.282 e. The molecular formula is C8H17ClOSi. The number of rotatable bonds is 5. The van der Waals surface area contributed by atoms with Crippen molar-refractivity contribution in [2.24, 2.45) is 0 Å². The van der Waals surface area contributed by atoms with Crippen molar-refractivity contribution in [3.05, 3.63) is 0 Å². The van der Waals surface area contributed by atoms with Crippen LogP contribution >= 0.6 is 11.6 Å². The van der Waals surface area contributed by atoms with Crippen LogP contribution in [0.15, 0.2) is 0 Å². The van der Waals surface area contributed by atoms with Crippen LogP contribution in [0, 0.1) is 0 Å². The summed E-state index contributed by atoms with van der Waals surface area (Å²) in [4.78, 5) is 10.7. The molecule has 1 nitrogen and oxygen atoms in total. The molecule has 66 valence electrons. The smallest absolute Gasteiger partial charge is 0.218 e. The molecule has 0 bridgehead atoms. The van der Waals surface area contributed by atoms with E-state index in [9.17, 15) is 4.79 Å². The van der Waals surface area contributed by atoms with Crippen molar-refractivity contribution in [1.29, 1.82) is 0 Å². The Morgan fingerprint density at radius 1 is 1.18 bits per heavy atom. The van der Waals surface area contributed by atoms with Gasteiger partial charge in [0.25, 0.3) is 0 Å². The highest BCUT2D eigenvalue weighted by Crippen LogP contribution is 2.25. The molecule has 0 radical (unpaired) electrons. The van der Waals surface area contributed by atoms with Gasteiger partial charge in [-0.3, -0.25) is 4.79 Å². The maximum absolute atomic E-state index is 10.7. The van der Waals surface area contributed by atoms with E-state index in [0.29, 0.717) is 6.04 Å². The van der Waals surface area contributed by atoms with Crippen molar-refractivity contribution in [3.63, 3.8) is 0 Å². The zero-order chi connectivity index (χ0) is 8.91. The average Bonchev–Trinajstić information content (AvgIpc) is 2.00. The van der Waals surface area contributed by atoms with E-state index >= 15 is 0 Å². The lowest BCUT2D eigenvalue weighted by atomic mass is 10.9. The molecule has 0 atom stereocenters. The third kappa shape index (κ3) is 3.39. The van der Waals surface area contributed by atoms with Gasteiger partial charge < -0.3 is 0 Å². The zero-order valence-electron chi connectivity index (χ0n) is 7.61. The molecule has 0 rings (SSSR count). The summed E-state index contributed by atoms with van der Waals surface area (Å²) in [5, 5.41) is -0.137. The molecule has 0 saturated heterocycles. The van der Waals surface area contributed by atoms with Crippen LogP contribution in [0.1, 0.15) is 20.8 Å². The number of hydrogen-bond donors (Lipinski definition) is 0. The van der Waals surface area contributed by atoms with Gasteiger partial charge in [0.15, 0.2) is 0 Å². The van der Waals surface area contributed by atoms with Crippen LogP contribution in [0.3, 0.4) is 0 Å². The normalized spacial score (nSPS) is 11.6. The van der Waals surface area contributed by atoms with Gasteiger partial charge in [0.05, 0.1) is 8.07 Å². The van der Waals surface area contributed by atoms with Gasteiger partial charge in [-0.1, -0.05) is 38.9 Å². The van der Waals surface area contributed by atoms with E-state index in [0.717, 1.165) is 0 Å². The monoisotopic (exact) mass is 192 g/mol. The van der Waals surface area contributed by atoms with Gasteiger partial charge in [-0.25, -0.2) is 0 Å². The second-order valence-corrected chi connectivity index (χ2v) is 8.99. The molecule has 0 spiro atoms. The molecule has 0 aromatic rings. The van der Waals surface area contributed by atoms with Crippen LogP contribution in [0.4, 0.5) is 0 Å². The molecule has 0 N–H and O–H groups in total. The van der Waals surface area contributed by atoms with Crippen molar-refractivity contribution in [3.8, 4) is 0 Å². The number of carbonyl (C=O) groups excluding carboxylic acids is 1. The van der Waals surface area contributed by atoms with Gasteiger partial charge in [-0.15, -0.1) is 0 Å². The molecule has 0 aliphatic heterocycles. The third-order valence-electron chi connectivity index (χ3n) is 2.76. The first-order valence-electron chi connectivity index (χ1n) is 4.28. The van der Waals surface area contributed by atoms with Crippen LogP contribution in [0.2, 0.25) is 24.2 Å². The lowest BCUT2D eigenvalue weighted by Crippen LogP contribution is -2.32. The SMILES string of the molecule is CC[Si](CC)(CC)CC(=O)Cl. The molecule has 3 heteroatoms. The van der Waals surface area contributed by atoms with Crippen molar-refractivity contribution in [2.75, 3.05) is 0 Å². The summed E-state index contributed by atoms with van der Waals surface area (Å²) < 4.78 is 0. The highest BCUT2D eigenvalue weighted by Gasteiger charge is 2.28. The first-order valence-corrected chi connectivity index (χ1v) is 7.49. The summed E-state index contributed by atoms with van der Waals surface area (Å²) in [6.45, 7) is 6.54. The fourth-order valence-electron chi connectivity index (χ4n) is 1.42. The van der Waals surface area contributed by atoms with E-state index in [1.165, 1.54) is 18.1 Å². The molecular weight excluding hydrogens is 176 g/mol. The molecule has 11 heavy (non-hydrogen) atoms. The third-order valence-corrected chi connectivity index (χ3v) is 8.69. The second-order valence-electron chi connectivity index (χ2n) is 3.09. The summed E-state index contributed by atoms with van der Waals surface area (Å²) in [7, 11) is -1.26. The fraction of sp³-hybridized carbons (Fsp3) is 0.875. The van der Waals surface area contributed by atoms with Gasteiger partial charge in [0, 0.05) is 6.04 Å². The Kier molecular flexibility index (Phi) is 5.02. The molecule has 0 heterocycles. The fourth-order valence-corrected chi connectivity index (χ4v) is 5.11. The predicted octanol–water partition coefficient (Wildman–Crippen LogP) is 3.26. The number of carbonyl (C=O) groups is 1. The van der Waals surface area contributed by atoms with E-state index in [2.05, 4.69) is 20.8 Å². The average molecular weight is 193 g/mol. The van der Waals surface area contributed by atoms with Crippen molar-refractivity contribution >= 4 is 24.9 Å². The minimum absolute atomic E-state index is 0.137. The van der Waals surface area contributed by atoms with Gasteiger partial charge in [0.2, 0.25) is 5.24 Å². The van der Waals surface area contributed by atoms with Crippen LogP contribution in [0.5, 0.6) is 0 Å². The molecule has 0 aromatic heterocycles. The standard InChI is InChI=1S/C8H17ClOSi/c1-4-11(5-2,6-3)7-8(9)10/h4-7H2,1-3H3. The quantitative estimate of drug-likeness (QED) is 0.483. The highest BCUT2D eigenvalue weighted by atomic mass is 35.5. The minimum atomic E-state index is -1.26. The van der Waals surface area contributed by atoms with Gasteiger partial charge in [0.1, 0.15) is 0 Å². The second kappa shape index (κ2) is 4.94. The summed E-state index contributed by atoms with van der Waals surface area (Å²) in [6.07, 6.45) is 0. The molecule has 0 fully saturated rings. The Bertz CT molecular complexity index is 124. The summed E-state index contributed by atoms with van der Waals surface area (Å²) in [5.41, 5.74) is 0.